The molecule has 0 aliphatic carbocycles. The molecule has 1 unspecified atom stereocenters. The van der Waals surface area contributed by atoms with Crippen LogP contribution in [0.15, 0.2) is 42.7 Å². The molecule has 3 rings (SSSR count). The Labute approximate surface area is 126 Å². The van der Waals surface area contributed by atoms with Crippen molar-refractivity contribution in [1.82, 2.24) is 14.7 Å². The molecule has 2 heterocycles. The Kier molecular flexibility index (Phi) is 4.36. The summed E-state index contributed by atoms with van der Waals surface area (Å²) >= 11 is 0. The molecule has 1 aromatic carbocycles. The summed E-state index contributed by atoms with van der Waals surface area (Å²) in [5, 5.41) is 4.50. The first-order chi connectivity index (χ1) is 10.3. The molecule has 1 aromatic heterocycles. The van der Waals surface area contributed by atoms with E-state index in [1.54, 1.807) is 0 Å². The molecule has 1 atom stereocenters. The summed E-state index contributed by atoms with van der Waals surface area (Å²) in [5.74, 6) is 0.709. The molecule has 4 heteroatoms. The Balaban J connectivity index is 1.69. The van der Waals surface area contributed by atoms with E-state index >= 15 is 0 Å². The largest absolute Gasteiger partial charge is 0.330 e. The quantitative estimate of drug-likeness (QED) is 0.939. The van der Waals surface area contributed by atoms with Crippen LogP contribution in [0.1, 0.15) is 31.4 Å². The highest BCUT2D eigenvalue weighted by molar-refractivity contribution is 5.31. The van der Waals surface area contributed by atoms with E-state index in [1.807, 2.05) is 29.1 Å². The minimum Gasteiger partial charge on any atom is -0.330 e. The van der Waals surface area contributed by atoms with Crippen LogP contribution in [0.2, 0.25) is 0 Å². The number of hydrogen-bond donors (Lipinski definition) is 1. The summed E-state index contributed by atoms with van der Waals surface area (Å²) < 4.78 is 1.96. The molecule has 2 aromatic rings. The fourth-order valence-electron chi connectivity index (χ4n) is 3.06. The summed E-state index contributed by atoms with van der Waals surface area (Å²) in [6.45, 7) is 5.38. The van der Waals surface area contributed by atoms with Crippen LogP contribution >= 0.6 is 0 Å². The van der Waals surface area contributed by atoms with E-state index in [2.05, 4.69) is 35.3 Å². The number of benzene rings is 1. The van der Waals surface area contributed by atoms with Crippen molar-refractivity contribution in [2.75, 3.05) is 19.6 Å². The molecule has 1 fully saturated rings. The summed E-state index contributed by atoms with van der Waals surface area (Å²) in [7, 11) is 0. The third kappa shape index (κ3) is 3.17. The molecule has 0 amide bonds. The first-order valence-corrected chi connectivity index (χ1v) is 7.82. The second kappa shape index (κ2) is 6.41. The first-order valence-electron chi connectivity index (χ1n) is 7.82. The Hall–Kier alpha value is -1.65. The average Bonchev–Trinajstić information content (AvgIpc) is 3.05. The molecule has 1 aliphatic heterocycles. The van der Waals surface area contributed by atoms with E-state index in [0.29, 0.717) is 12.0 Å². The van der Waals surface area contributed by atoms with Crippen molar-refractivity contribution < 1.29 is 0 Å². The summed E-state index contributed by atoms with van der Waals surface area (Å²) in [5.41, 5.74) is 8.16. The van der Waals surface area contributed by atoms with Crippen molar-refractivity contribution in [2.45, 2.75) is 25.8 Å². The van der Waals surface area contributed by atoms with Crippen molar-refractivity contribution in [1.29, 1.82) is 0 Å². The lowest BCUT2D eigenvalue weighted by Crippen LogP contribution is -2.37. The number of likely N-dealkylation sites (tertiary alicyclic amines) is 1. The molecule has 0 saturated carbocycles. The fraction of sp³-hybridized carbons (Fsp3) is 0.471. The van der Waals surface area contributed by atoms with Crippen LogP contribution in [0.4, 0.5) is 0 Å². The molecule has 1 saturated heterocycles. The maximum atomic E-state index is 5.77. The Morgan fingerprint density at radius 2 is 1.95 bits per heavy atom. The van der Waals surface area contributed by atoms with Gasteiger partial charge in [0.1, 0.15) is 0 Å². The van der Waals surface area contributed by atoms with Gasteiger partial charge < -0.3 is 5.73 Å². The number of aromatic nitrogens is 2. The standard InChI is InChI=1S/C17H24N4/c1-14(20-9-7-15(11-18)8-10-20)16-12-19-21(13-16)17-5-3-2-4-6-17/h2-6,12-15H,7-11,18H2,1H3. The van der Waals surface area contributed by atoms with Gasteiger partial charge in [0.25, 0.3) is 0 Å². The third-order valence-electron chi connectivity index (χ3n) is 4.64. The number of nitrogens with two attached hydrogens (primary N) is 1. The zero-order valence-electron chi connectivity index (χ0n) is 12.7. The normalized spacial score (nSPS) is 18.8. The SMILES string of the molecule is CC(c1cnn(-c2ccccc2)c1)N1CCC(CN)CC1. The van der Waals surface area contributed by atoms with Gasteiger partial charge in [-0.3, -0.25) is 4.90 Å². The third-order valence-corrected chi connectivity index (χ3v) is 4.64. The second-order valence-corrected chi connectivity index (χ2v) is 5.94. The van der Waals surface area contributed by atoms with Gasteiger partial charge in [-0.2, -0.15) is 5.10 Å². The van der Waals surface area contributed by atoms with Gasteiger partial charge >= 0.3 is 0 Å². The van der Waals surface area contributed by atoms with Crippen molar-refractivity contribution >= 4 is 0 Å². The zero-order chi connectivity index (χ0) is 14.7. The topological polar surface area (TPSA) is 47.1 Å². The van der Waals surface area contributed by atoms with E-state index in [-0.39, 0.29) is 0 Å². The molecular formula is C17H24N4. The van der Waals surface area contributed by atoms with Gasteiger partial charge in [0.15, 0.2) is 0 Å². The lowest BCUT2D eigenvalue weighted by molar-refractivity contribution is 0.143. The van der Waals surface area contributed by atoms with E-state index in [4.69, 9.17) is 5.73 Å². The molecule has 1 aliphatic rings. The first kappa shape index (κ1) is 14.3. The van der Waals surface area contributed by atoms with E-state index in [0.717, 1.165) is 25.3 Å². The summed E-state index contributed by atoms with van der Waals surface area (Å²) in [6, 6.07) is 10.7. The van der Waals surface area contributed by atoms with Gasteiger partial charge in [-0.25, -0.2) is 4.68 Å². The highest BCUT2D eigenvalue weighted by Crippen LogP contribution is 2.26. The number of nitrogens with zero attached hydrogens (tertiary/aromatic N) is 3. The van der Waals surface area contributed by atoms with Crippen LogP contribution in [-0.2, 0) is 0 Å². The van der Waals surface area contributed by atoms with Crippen LogP contribution in [0.5, 0.6) is 0 Å². The van der Waals surface area contributed by atoms with E-state index in [9.17, 15) is 0 Å². The predicted octanol–water partition coefficient (Wildman–Crippen LogP) is 2.60. The van der Waals surface area contributed by atoms with Gasteiger partial charge in [0.05, 0.1) is 11.9 Å². The molecule has 0 radical (unpaired) electrons. The van der Waals surface area contributed by atoms with Crippen LogP contribution < -0.4 is 5.73 Å². The van der Waals surface area contributed by atoms with E-state index < -0.39 is 0 Å². The van der Waals surface area contributed by atoms with Crippen molar-refractivity contribution in [3.05, 3.63) is 48.3 Å². The Morgan fingerprint density at radius 3 is 2.62 bits per heavy atom. The molecule has 21 heavy (non-hydrogen) atoms. The van der Waals surface area contributed by atoms with Crippen molar-refractivity contribution in [3.8, 4) is 5.69 Å². The second-order valence-electron chi connectivity index (χ2n) is 5.94. The molecule has 0 spiro atoms. The van der Waals surface area contributed by atoms with E-state index in [1.165, 1.54) is 18.4 Å². The zero-order valence-corrected chi connectivity index (χ0v) is 12.7. The Morgan fingerprint density at radius 1 is 1.24 bits per heavy atom. The average molecular weight is 284 g/mol. The molecule has 0 bridgehead atoms. The molecule has 2 N–H and O–H groups in total. The van der Waals surface area contributed by atoms with Crippen LogP contribution in [0.25, 0.3) is 5.69 Å². The monoisotopic (exact) mass is 284 g/mol. The minimum atomic E-state index is 0.418. The number of rotatable bonds is 4. The number of piperidine rings is 1. The molecular weight excluding hydrogens is 260 g/mol. The minimum absolute atomic E-state index is 0.418. The van der Waals surface area contributed by atoms with Gasteiger partial charge in [-0.15, -0.1) is 0 Å². The lowest BCUT2D eigenvalue weighted by atomic mass is 9.95. The summed E-state index contributed by atoms with van der Waals surface area (Å²) in [4.78, 5) is 2.54. The van der Waals surface area contributed by atoms with Gasteiger partial charge in [0.2, 0.25) is 0 Å². The molecule has 4 nitrogen and oxygen atoms in total. The molecule has 112 valence electrons. The van der Waals surface area contributed by atoms with Gasteiger partial charge in [-0.05, 0) is 57.5 Å². The fourth-order valence-corrected chi connectivity index (χ4v) is 3.06. The van der Waals surface area contributed by atoms with Crippen LogP contribution in [0, 0.1) is 5.92 Å². The summed E-state index contributed by atoms with van der Waals surface area (Å²) in [6.07, 6.45) is 6.57. The highest BCUT2D eigenvalue weighted by Gasteiger charge is 2.23. The van der Waals surface area contributed by atoms with Crippen molar-refractivity contribution in [2.24, 2.45) is 11.7 Å². The Bertz CT molecular complexity index is 555. The van der Waals surface area contributed by atoms with Crippen molar-refractivity contribution in [3.63, 3.8) is 0 Å². The highest BCUT2D eigenvalue weighted by atomic mass is 15.3. The number of para-hydroxylation sites is 1. The maximum absolute atomic E-state index is 5.77. The smallest absolute Gasteiger partial charge is 0.0645 e. The lowest BCUT2D eigenvalue weighted by Gasteiger charge is -2.35. The van der Waals surface area contributed by atoms with Crippen LogP contribution in [0.3, 0.4) is 0 Å². The van der Waals surface area contributed by atoms with Gasteiger partial charge in [-0.1, -0.05) is 18.2 Å². The predicted molar refractivity (Wildman–Crippen MR) is 85.3 cm³/mol. The number of hydrogen-bond acceptors (Lipinski definition) is 3. The maximum Gasteiger partial charge on any atom is 0.0645 e. The van der Waals surface area contributed by atoms with Crippen LogP contribution in [-0.4, -0.2) is 34.3 Å². The van der Waals surface area contributed by atoms with Gasteiger partial charge in [0, 0.05) is 17.8 Å².